The summed E-state index contributed by atoms with van der Waals surface area (Å²) in [6, 6.07) is 10.6. The average Bonchev–Trinajstić information content (AvgIpc) is 2.65. The van der Waals surface area contributed by atoms with Crippen molar-refractivity contribution in [3.05, 3.63) is 63.6 Å². The predicted octanol–water partition coefficient (Wildman–Crippen LogP) is 0.616. The van der Waals surface area contributed by atoms with Gasteiger partial charge in [0.05, 0.1) is 6.42 Å². The van der Waals surface area contributed by atoms with Gasteiger partial charge in [0.2, 0.25) is 5.91 Å². The Hall–Kier alpha value is -2.96. The molecule has 0 atom stereocenters. The second-order valence-corrected chi connectivity index (χ2v) is 6.46. The van der Waals surface area contributed by atoms with E-state index in [1.807, 2.05) is 31.2 Å². The van der Waals surface area contributed by atoms with Gasteiger partial charge < -0.3 is 9.80 Å². The number of amides is 2. The third-order valence-corrected chi connectivity index (χ3v) is 4.70. The Morgan fingerprint density at radius 2 is 1.65 bits per heavy atom. The molecule has 2 heterocycles. The van der Waals surface area contributed by atoms with Gasteiger partial charge in [-0.2, -0.15) is 5.10 Å². The number of carbonyl (C=O) groups is 2. The number of benzene rings is 1. The Balaban J connectivity index is 1.59. The van der Waals surface area contributed by atoms with Gasteiger partial charge in [0, 0.05) is 39.3 Å². The fourth-order valence-corrected chi connectivity index (χ4v) is 3.02. The molecular formula is C19H22N4O3. The third kappa shape index (κ3) is 3.82. The Bertz CT molecular complexity index is 882. The highest BCUT2D eigenvalue weighted by atomic mass is 16.2. The maximum atomic E-state index is 12.5. The molecule has 1 aliphatic heterocycles. The van der Waals surface area contributed by atoms with E-state index in [-0.39, 0.29) is 23.1 Å². The molecule has 7 heteroatoms. The van der Waals surface area contributed by atoms with E-state index >= 15 is 0 Å². The summed E-state index contributed by atoms with van der Waals surface area (Å²) in [5.41, 5.74) is 2.13. The lowest BCUT2D eigenvalue weighted by molar-refractivity contribution is -0.131. The molecule has 2 amide bonds. The van der Waals surface area contributed by atoms with Gasteiger partial charge in [-0.1, -0.05) is 24.3 Å². The van der Waals surface area contributed by atoms with Gasteiger partial charge in [-0.15, -0.1) is 0 Å². The molecule has 136 valence electrons. The van der Waals surface area contributed by atoms with Crippen LogP contribution in [-0.4, -0.2) is 57.6 Å². The van der Waals surface area contributed by atoms with Crippen LogP contribution < -0.4 is 5.56 Å². The Labute approximate surface area is 151 Å². The number of rotatable bonds is 3. The van der Waals surface area contributed by atoms with Crippen LogP contribution in [0.1, 0.15) is 21.6 Å². The first kappa shape index (κ1) is 17.8. The van der Waals surface area contributed by atoms with Crippen molar-refractivity contribution >= 4 is 11.8 Å². The van der Waals surface area contributed by atoms with Gasteiger partial charge in [-0.25, -0.2) is 4.68 Å². The molecule has 0 unspecified atom stereocenters. The van der Waals surface area contributed by atoms with Crippen molar-refractivity contribution in [2.24, 2.45) is 7.05 Å². The van der Waals surface area contributed by atoms with E-state index in [0.717, 1.165) is 15.8 Å². The smallest absolute Gasteiger partial charge is 0.274 e. The maximum absolute atomic E-state index is 12.5. The maximum Gasteiger partial charge on any atom is 0.274 e. The Morgan fingerprint density at radius 1 is 1.00 bits per heavy atom. The van der Waals surface area contributed by atoms with Crippen LogP contribution >= 0.6 is 0 Å². The summed E-state index contributed by atoms with van der Waals surface area (Å²) in [7, 11) is 1.52. The lowest BCUT2D eigenvalue weighted by Crippen LogP contribution is -2.51. The Morgan fingerprint density at radius 3 is 2.31 bits per heavy atom. The molecule has 1 fully saturated rings. The molecule has 1 aromatic heterocycles. The lowest BCUT2D eigenvalue weighted by Gasteiger charge is -2.34. The largest absolute Gasteiger partial charge is 0.339 e. The predicted molar refractivity (Wildman–Crippen MR) is 96.8 cm³/mol. The van der Waals surface area contributed by atoms with Crippen LogP contribution in [0.15, 0.2) is 41.2 Å². The van der Waals surface area contributed by atoms with Crippen LogP contribution in [0, 0.1) is 6.92 Å². The molecule has 3 rings (SSSR count). The van der Waals surface area contributed by atoms with Crippen LogP contribution in [0.5, 0.6) is 0 Å². The normalized spacial score (nSPS) is 14.4. The number of aromatic nitrogens is 2. The molecule has 1 saturated heterocycles. The summed E-state index contributed by atoms with van der Waals surface area (Å²) < 4.78 is 1.15. The van der Waals surface area contributed by atoms with E-state index in [1.54, 1.807) is 9.80 Å². The minimum atomic E-state index is -0.256. The van der Waals surface area contributed by atoms with Gasteiger partial charge in [0.15, 0.2) is 0 Å². The van der Waals surface area contributed by atoms with Gasteiger partial charge in [0.25, 0.3) is 11.5 Å². The molecule has 0 aliphatic carbocycles. The molecule has 0 radical (unpaired) electrons. The number of hydrogen-bond donors (Lipinski definition) is 0. The van der Waals surface area contributed by atoms with Crippen molar-refractivity contribution in [1.82, 2.24) is 19.6 Å². The first-order chi connectivity index (χ1) is 12.5. The Kier molecular flexibility index (Phi) is 5.16. The van der Waals surface area contributed by atoms with E-state index < -0.39 is 0 Å². The number of hydrogen-bond acceptors (Lipinski definition) is 4. The summed E-state index contributed by atoms with van der Waals surface area (Å²) in [6.45, 7) is 3.93. The van der Waals surface area contributed by atoms with E-state index in [1.165, 1.54) is 19.2 Å². The molecule has 2 aromatic rings. The van der Waals surface area contributed by atoms with E-state index in [4.69, 9.17) is 0 Å². The highest BCUT2D eigenvalue weighted by Crippen LogP contribution is 2.12. The van der Waals surface area contributed by atoms with E-state index in [9.17, 15) is 14.4 Å². The summed E-state index contributed by atoms with van der Waals surface area (Å²) in [5.74, 6) is -0.141. The zero-order valence-corrected chi connectivity index (χ0v) is 15.0. The molecule has 0 bridgehead atoms. The van der Waals surface area contributed by atoms with Gasteiger partial charge in [-0.3, -0.25) is 14.4 Å². The van der Waals surface area contributed by atoms with Crippen molar-refractivity contribution in [2.45, 2.75) is 13.3 Å². The molecule has 0 saturated carbocycles. The number of aryl methyl sites for hydroxylation is 2. The first-order valence-corrected chi connectivity index (χ1v) is 8.61. The molecular weight excluding hydrogens is 332 g/mol. The fraction of sp³-hybridized carbons (Fsp3) is 0.368. The zero-order chi connectivity index (χ0) is 18.7. The minimum Gasteiger partial charge on any atom is -0.339 e. The summed E-state index contributed by atoms with van der Waals surface area (Å²) >= 11 is 0. The minimum absolute atomic E-state index is 0.0756. The standard InChI is InChI=1S/C19H22N4O3/c1-14-5-3-4-6-15(14)13-18(25)22-9-11-23(12-10-22)19(26)16-7-8-17(24)21(2)20-16/h3-8H,9-13H2,1-2H3. The fourth-order valence-electron chi connectivity index (χ4n) is 3.02. The van der Waals surface area contributed by atoms with Crippen LogP contribution in [0.4, 0.5) is 0 Å². The van der Waals surface area contributed by atoms with E-state index in [2.05, 4.69) is 5.10 Å². The second kappa shape index (κ2) is 7.51. The molecule has 1 aromatic carbocycles. The summed E-state index contributed by atoms with van der Waals surface area (Å²) in [4.78, 5) is 39.9. The topological polar surface area (TPSA) is 75.5 Å². The van der Waals surface area contributed by atoms with Crippen LogP contribution in [0.2, 0.25) is 0 Å². The quantitative estimate of drug-likeness (QED) is 0.810. The number of nitrogens with zero attached hydrogens (tertiary/aromatic N) is 4. The molecule has 26 heavy (non-hydrogen) atoms. The van der Waals surface area contributed by atoms with Crippen LogP contribution in [0.25, 0.3) is 0 Å². The van der Waals surface area contributed by atoms with Crippen LogP contribution in [-0.2, 0) is 18.3 Å². The molecule has 7 nitrogen and oxygen atoms in total. The summed E-state index contributed by atoms with van der Waals surface area (Å²) in [5, 5.41) is 4.00. The van der Waals surface area contributed by atoms with Crippen molar-refractivity contribution in [2.75, 3.05) is 26.2 Å². The van der Waals surface area contributed by atoms with Gasteiger partial charge >= 0.3 is 0 Å². The molecule has 0 spiro atoms. The number of piperazine rings is 1. The van der Waals surface area contributed by atoms with Crippen molar-refractivity contribution in [3.8, 4) is 0 Å². The van der Waals surface area contributed by atoms with Crippen molar-refractivity contribution in [1.29, 1.82) is 0 Å². The van der Waals surface area contributed by atoms with Crippen molar-refractivity contribution < 1.29 is 9.59 Å². The first-order valence-electron chi connectivity index (χ1n) is 8.61. The van der Waals surface area contributed by atoms with Crippen LogP contribution in [0.3, 0.4) is 0 Å². The molecule has 0 N–H and O–H groups in total. The lowest BCUT2D eigenvalue weighted by atomic mass is 10.1. The highest BCUT2D eigenvalue weighted by molar-refractivity contribution is 5.92. The molecule has 1 aliphatic rings. The number of carbonyl (C=O) groups excluding carboxylic acids is 2. The van der Waals surface area contributed by atoms with E-state index in [0.29, 0.717) is 32.6 Å². The second-order valence-electron chi connectivity index (χ2n) is 6.46. The summed E-state index contributed by atoms with van der Waals surface area (Å²) in [6.07, 6.45) is 0.378. The average molecular weight is 354 g/mol. The van der Waals surface area contributed by atoms with Crippen molar-refractivity contribution in [3.63, 3.8) is 0 Å². The monoisotopic (exact) mass is 354 g/mol. The highest BCUT2D eigenvalue weighted by Gasteiger charge is 2.25. The third-order valence-electron chi connectivity index (χ3n) is 4.70. The van der Waals surface area contributed by atoms with Gasteiger partial charge in [0.1, 0.15) is 5.69 Å². The zero-order valence-electron chi connectivity index (χ0n) is 15.0. The van der Waals surface area contributed by atoms with Gasteiger partial charge in [-0.05, 0) is 24.1 Å². The SMILES string of the molecule is Cc1ccccc1CC(=O)N1CCN(C(=O)c2ccc(=O)n(C)n2)CC1.